The van der Waals surface area contributed by atoms with Gasteiger partial charge in [-0.25, -0.2) is 0 Å². The van der Waals surface area contributed by atoms with Crippen LogP contribution in [0.2, 0.25) is 0 Å². The summed E-state index contributed by atoms with van der Waals surface area (Å²) < 4.78 is 5.35. The van der Waals surface area contributed by atoms with Crippen molar-refractivity contribution in [2.24, 2.45) is 0 Å². The highest BCUT2D eigenvalue weighted by molar-refractivity contribution is 5.69. The van der Waals surface area contributed by atoms with Gasteiger partial charge in [0.15, 0.2) is 0 Å². The van der Waals surface area contributed by atoms with Gasteiger partial charge in [0.1, 0.15) is 5.75 Å². The molecule has 1 aromatic carbocycles. The first-order valence-corrected chi connectivity index (χ1v) is 8.49. The Morgan fingerprint density at radius 3 is 1.96 bits per heavy atom. The minimum Gasteiger partial charge on any atom is -0.426 e. The fourth-order valence-electron chi connectivity index (χ4n) is 2.74. The van der Waals surface area contributed by atoms with E-state index in [0.29, 0.717) is 25.4 Å². The summed E-state index contributed by atoms with van der Waals surface area (Å²) in [6.07, 6.45) is 3.59. The fourth-order valence-corrected chi connectivity index (χ4v) is 2.74. The van der Waals surface area contributed by atoms with Gasteiger partial charge in [0.2, 0.25) is 0 Å². The van der Waals surface area contributed by atoms with Gasteiger partial charge >= 0.3 is 5.97 Å². The molecule has 0 atom stereocenters. The molecule has 0 spiro atoms. The molecule has 3 aromatic rings. The van der Waals surface area contributed by atoms with E-state index in [9.17, 15) is 4.79 Å². The Balaban J connectivity index is 1.82. The Hall–Kier alpha value is -3.05. The molecule has 0 aliphatic rings. The van der Waals surface area contributed by atoms with Gasteiger partial charge in [-0.1, -0.05) is 30.3 Å². The number of carbonyl (C=O) groups is 1. The summed E-state index contributed by atoms with van der Waals surface area (Å²) in [6.45, 7) is 3.38. The second kappa shape index (κ2) is 8.87. The largest absolute Gasteiger partial charge is 0.426 e. The predicted molar refractivity (Wildman–Crippen MR) is 99.2 cm³/mol. The lowest BCUT2D eigenvalue weighted by Crippen LogP contribution is -2.24. The number of hydrogen-bond acceptors (Lipinski definition) is 5. The van der Waals surface area contributed by atoms with E-state index in [0.717, 1.165) is 17.0 Å². The molecule has 0 amide bonds. The third-order valence-electron chi connectivity index (χ3n) is 3.84. The van der Waals surface area contributed by atoms with Crippen molar-refractivity contribution in [1.82, 2.24) is 14.9 Å². The normalized spacial score (nSPS) is 10.7. The minimum absolute atomic E-state index is 0.321. The van der Waals surface area contributed by atoms with Crippen molar-refractivity contribution in [3.8, 4) is 5.75 Å². The summed E-state index contributed by atoms with van der Waals surface area (Å²) in [5.41, 5.74) is 2.91. The number of hydrogen-bond donors (Lipinski definition) is 0. The predicted octanol–water partition coefficient (Wildman–Crippen LogP) is 3.60. The summed E-state index contributed by atoms with van der Waals surface area (Å²) in [4.78, 5) is 22.5. The maximum Gasteiger partial charge on any atom is 0.308 e. The highest BCUT2D eigenvalue weighted by Crippen LogP contribution is 2.22. The van der Waals surface area contributed by atoms with Crippen LogP contribution in [0.5, 0.6) is 5.75 Å². The summed E-state index contributed by atoms with van der Waals surface area (Å²) >= 11 is 0. The van der Waals surface area contributed by atoms with Crippen molar-refractivity contribution in [3.05, 3.63) is 90.0 Å². The van der Waals surface area contributed by atoms with Crippen molar-refractivity contribution < 1.29 is 9.53 Å². The molecule has 5 heteroatoms. The topological polar surface area (TPSA) is 55.3 Å². The smallest absolute Gasteiger partial charge is 0.308 e. The van der Waals surface area contributed by atoms with E-state index in [2.05, 4.69) is 14.9 Å². The molecular formula is C21H21N3O2. The van der Waals surface area contributed by atoms with Crippen LogP contribution in [0.4, 0.5) is 0 Å². The Bertz CT molecular complexity index is 797. The summed E-state index contributed by atoms with van der Waals surface area (Å²) in [5, 5.41) is 0. The van der Waals surface area contributed by atoms with Gasteiger partial charge in [0.05, 0.1) is 11.4 Å². The first-order chi connectivity index (χ1) is 12.7. The molecule has 0 aliphatic carbocycles. The van der Waals surface area contributed by atoms with Gasteiger partial charge in [0, 0.05) is 44.5 Å². The third-order valence-corrected chi connectivity index (χ3v) is 3.84. The van der Waals surface area contributed by atoms with Crippen LogP contribution in [0.1, 0.15) is 23.9 Å². The summed E-state index contributed by atoms with van der Waals surface area (Å²) in [5.74, 6) is 0.269. The Morgan fingerprint density at radius 1 is 0.846 bits per heavy atom. The van der Waals surface area contributed by atoms with Crippen LogP contribution < -0.4 is 4.74 Å². The third kappa shape index (κ3) is 5.22. The van der Waals surface area contributed by atoms with Crippen molar-refractivity contribution >= 4 is 5.97 Å². The van der Waals surface area contributed by atoms with Crippen molar-refractivity contribution in [3.63, 3.8) is 0 Å². The molecule has 0 fully saturated rings. The van der Waals surface area contributed by atoms with Crippen LogP contribution in [-0.4, -0.2) is 20.8 Å². The lowest BCUT2D eigenvalue weighted by Gasteiger charge is -2.22. The van der Waals surface area contributed by atoms with Crippen molar-refractivity contribution in [2.45, 2.75) is 26.6 Å². The lowest BCUT2D eigenvalue weighted by molar-refractivity contribution is -0.131. The van der Waals surface area contributed by atoms with E-state index < -0.39 is 0 Å². The van der Waals surface area contributed by atoms with E-state index in [4.69, 9.17) is 4.74 Å². The van der Waals surface area contributed by atoms with Gasteiger partial charge in [-0.15, -0.1) is 0 Å². The van der Waals surface area contributed by atoms with Crippen LogP contribution in [0, 0.1) is 0 Å². The average Bonchev–Trinajstić information content (AvgIpc) is 2.64. The van der Waals surface area contributed by atoms with Crippen LogP contribution >= 0.6 is 0 Å². The van der Waals surface area contributed by atoms with E-state index in [1.54, 1.807) is 12.4 Å². The SMILES string of the molecule is CC(=O)Oc1ccccc1CN(Cc1ccccn1)Cc1ccccn1. The number of pyridine rings is 2. The number of aromatic nitrogens is 2. The quantitative estimate of drug-likeness (QED) is 0.483. The number of esters is 1. The molecule has 0 bridgehead atoms. The Kier molecular flexibility index (Phi) is 6.06. The van der Waals surface area contributed by atoms with Gasteiger partial charge < -0.3 is 4.74 Å². The van der Waals surface area contributed by atoms with Crippen molar-refractivity contribution in [1.29, 1.82) is 0 Å². The standard InChI is InChI=1S/C21H21N3O2/c1-17(25)26-21-11-3-2-8-18(21)14-24(15-19-9-4-6-12-22-19)16-20-10-5-7-13-23-20/h2-13H,14-16H2,1H3. The molecule has 5 nitrogen and oxygen atoms in total. The summed E-state index contributed by atoms with van der Waals surface area (Å²) in [6, 6.07) is 19.4. The van der Waals surface area contributed by atoms with Crippen LogP contribution in [0.15, 0.2) is 73.1 Å². The molecule has 2 aromatic heterocycles. The molecule has 2 heterocycles. The fraction of sp³-hybridized carbons (Fsp3) is 0.190. The minimum atomic E-state index is -0.321. The molecule has 0 N–H and O–H groups in total. The number of rotatable bonds is 7. The zero-order chi connectivity index (χ0) is 18.2. The van der Waals surface area contributed by atoms with Crippen LogP contribution in [0.3, 0.4) is 0 Å². The number of carbonyl (C=O) groups excluding carboxylic acids is 1. The molecule has 26 heavy (non-hydrogen) atoms. The molecular weight excluding hydrogens is 326 g/mol. The zero-order valence-electron chi connectivity index (χ0n) is 14.7. The second-order valence-electron chi connectivity index (χ2n) is 5.99. The van der Waals surface area contributed by atoms with Crippen LogP contribution in [-0.2, 0) is 24.4 Å². The van der Waals surface area contributed by atoms with E-state index >= 15 is 0 Å². The number of benzene rings is 1. The highest BCUT2D eigenvalue weighted by atomic mass is 16.5. The van der Waals surface area contributed by atoms with Gasteiger partial charge in [-0.2, -0.15) is 0 Å². The zero-order valence-corrected chi connectivity index (χ0v) is 14.7. The van der Waals surface area contributed by atoms with Crippen molar-refractivity contribution in [2.75, 3.05) is 0 Å². The molecule has 0 unspecified atom stereocenters. The van der Waals surface area contributed by atoms with Gasteiger partial charge in [-0.05, 0) is 30.3 Å². The molecule has 0 aliphatic heterocycles. The molecule has 0 saturated heterocycles. The number of ether oxygens (including phenoxy) is 1. The number of para-hydroxylation sites is 1. The molecule has 3 rings (SSSR count). The van der Waals surface area contributed by atoms with Gasteiger partial charge in [0.25, 0.3) is 0 Å². The maximum absolute atomic E-state index is 11.4. The second-order valence-corrected chi connectivity index (χ2v) is 5.99. The first kappa shape index (κ1) is 17.8. The van der Waals surface area contributed by atoms with Gasteiger partial charge in [-0.3, -0.25) is 19.7 Å². The summed E-state index contributed by atoms with van der Waals surface area (Å²) in [7, 11) is 0. The average molecular weight is 347 g/mol. The van der Waals surface area contributed by atoms with E-state index in [1.807, 2.05) is 60.7 Å². The van der Waals surface area contributed by atoms with E-state index in [-0.39, 0.29) is 5.97 Å². The molecule has 132 valence electrons. The van der Waals surface area contributed by atoms with Crippen LogP contribution in [0.25, 0.3) is 0 Å². The Labute approximate surface area is 153 Å². The molecule has 0 saturated carbocycles. The number of nitrogens with zero attached hydrogens (tertiary/aromatic N) is 3. The Morgan fingerprint density at radius 2 is 1.42 bits per heavy atom. The van der Waals surface area contributed by atoms with E-state index in [1.165, 1.54) is 6.92 Å². The lowest BCUT2D eigenvalue weighted by atomic mass is 10.1. The highest BCUT2D eigenvalue weighted by Gasteiger charge is 2.13. The monoisotopic (exact) mass is 347 g/mol. The first-order valence-electron chi connectivity index (χ1n) is 8.49. The molecule has 0 radical (unpaired) electrons. The maximum atomic E-state index is 11.4.